The third-order valence-corrected chi connectivity index (χ3v) is 4.67. The second-order valence-electron chi connectivity index (χ2n) is 6.56. The fourth-order valence-corrected chi connectivity index (χ4v) is 3.12. The SMILES string of the molecule is CC(C)C1CCC(=O)N(CCCc2ccc(N)cc2)CC1. The predicted molar refractivity (Wildman–Crippen MR) is 87.9 cm³/mol. The zero-order chi connectivity index (χ0) is 15.2. The second-order valence-corrected chi connectivity index (χ2v) is 6.56. The largest absolute Gasteiger partial charge is 0.399 e. The highest BCUT2D eigenvalue weighted by molar-refractivity contribution is 5.76. The molecular weight excluding hydrogens is 260 g/mol. The van der Waals surface area contributed by atoms with Crippen LogP contribution in [-0.2, 0) is 11.2 Å². The van der Waals surface area contributed by atoms with Crippen molar-refractivity contribution < 1.29 is 4.79 Å². The average Bonchev–Trinajstić information content (AvgIpc) is 2.64. The molecule has 1 aromatic carbocycles. The Balaban J connectivity index is 1.79. The van der Waals surface area contributed by atoms with Crippen LogP contribution in [0.3, 0.4) is 0 Å². The summed E-state index contributed by atoms with van der Waals surface area (Å²) in [5, 5.41) is 0. The number of carbonyl (C=O) groups excluding carboxylic acids is 1. The average molecular weight is 288 g/mol. The third-order valence-electron chi connectivity index (χ3n) is 4.67. The van der Waals surface area contributed by atoms with Crippen molar-refractivity contribution >= 4 is 11.6 Å². The molecule has 1 heterocycles. The first kappa shape index (κ1) is 15.9. The summed E-state index contributed by atoms with van der Waals surface area (Å²) in [4.78, 5) is 14.2. The number of nitrogens with zero attached hydrogens (tertiary/aromatic N) is 1. The number of nitrogens with two attached hydrogens (primary N) is 1. The van der Waals surface area contributed by atoms with E-state index in [0.717, 1.165) is 50.9 Å². The maximum atomic E-state index is 12.2. The first-order valence-corrected chi connectivity index (χ1v) is 8.18. The fraction of sp³-hybridized carbons (Fsp3) is 0.611. The van der Waals surface area contributed by atoms with E-state index >= 15 is 0 Å². The van der Waals surface area contributed by atoms with E-state index in [1.54, 1.807) is 0 Å². The van der Waals surface area contributed by atoms with Gasteiger partial charge in [-0.1, -0.05) is 26.0 Å². The summed E-state index contributed by atoms with van der Waals surface area (Å²) < 4.78 is 0. The van der Waals surface area contributed by atoms with Gasteiger partial charge in [0.2, 0.25) is 5.91 Å². The quantitative estimate of drug-likeness (QED) is 0.843. The number of rotatable bonds is 5. The van der Waals surface area contributed by atoms with Gasteiger partial charge in [-0.15, -0.1) is 0 Å². The van der Waals surface area contributed by atoms with Gasteiger partial charge in [0, 0.05) is 25.2 Å². The number of aryl methyl sites for hydroxylation is 1. The summed E-state index contributed by atoms with van der Waals surface area (Å²) in [6.07, 6.45) is 4.99. The molecule has 0 bridgehead atoms. The van der Waals surface area contributed by atoms with E-state index in [1.807, 2.05) is 12.1 Å². The number of carbonyl (C=O) groups is 1. The van der Waals surface area contributed by atoms with Crippen molar-refractivity contribution in [3.05, 3.63) is 29.8 Å². The van der Waals surface area contributed by atoms with E-state index in [0.29, 0.717) is 17.7 Å². The number of hydrogen-bond donors (Lipinski definition) is 1. The minimum Gasteiger partial charge on any atom is -0.399 e. The van der Waals surface area contributed by atoms with Crippen LogP contribution in [0.4, 0.5) is 5.69 Å². The highest BCUT2D eigenvalue weighted by Crippen LogP contribution is 2.25. The van der Waals surface area contributed by atoms with Gasteiger partial charge in [-0.25, -0.2) is 0 Å². The molecule has 0 spiro atoms. The molecule has 1 amide bonds. The first-order chi connectivity index (χ1) is 10.1. The van der Waals surface area contributed by atoms with Gasteiger partial charge in [0.25, 0.3) is 0 Å². The van der Waals surface area contributed by atoms with E-state index in [1.165, 1.54) is 5.56 Å². The van der Waals surface area contributed by atoms with Crippen LogP contribution >= 0.6 is 0 Å². The molecular formula is C18H28N2O. The van der Waals surface area contributed by atoms with Crippen molar-refractivity contribution in [2.45, 2.75) is 46.0 Å². The van der Waals surface area contributed by atoms with Crippen molar-refractivity contribution in [3.8, 4) is 0 Å². The zero-order valence-corrected chi connectivity index (χ0v) is 13.3. The molecule has 0 radical (unpaired) electrons. The van der Waals surface area contributed by atoms with Crippen LogP contribution in [-0.4, -0.2) is 23.9 Å². The van der Waals surface area contributed by atoms with E-state index in [9.17, 15) is 4.79 Å². The van der Waals surface area contributed by atoms with Crippen molar-refractivity contribution in [3.63, 3.8) is 0 Å². The Hall–Kier alpha value is -1.51. The molecule has 0 aromatic heterocycles. The standard InChI is InChI=1S/C18H28N2O/c1-14(2)16-7-10-18(21)20(13-11-16)12-3-4-15-5-8-17(19)9-6-15/h5-6,8-9,14,16H,3-4,7,10-13,19H2,1-2H3. The van der Waals surface area contributed by atoms with Gasteiger partial charge in [-0.2, -0.15) is 0 Å². The topological polar surface area (TPSA) is 46.3 Å². The number of nitrogen functional groups attached to an aromatic ring is 1. The monoisotopic (exact) mass is 288 g/mol. The Bertz CT molecular complexity index is 453. The molecule has 0 saturated carbocycles. The Morgan fingerprint density at radius 1 is 1.24 bits per heavy atom. The minimum atomic E-state index is 0.343. The predicted octanol–water partition coefficient (Wildman–Crippen LogP) is 3.49. The van der Waals surface area contributed by atoms with Crippen molar-refractivity contribution in [2.24, 2.45) is 11.8 Å². The molecule has 1 atom stereocenters. The lowest BCUT2D eigenvalue weighted by molar-refractivity contribution is -0.130. The van der Waals surface area contributed by atoms with Crippen LogP contribution in [0.2, 0.25) is 0 Å². The van der Waals surface area contributed by atoms with E-state index in [2.05, 4.69) is 30.9 Å². The molecule has 1 aromatic rings. The van der Waals surface area contributed by atoms with Crippen LogP contribution in [0.1, 0.15) is 45.1 Å². The zero-order valence-electron chi connectivity index (χ0n) is 13.3. The van der Waals surface area contributed by atoms with Crippen LogP contribution in [0.15, 0.2) is 24.3 Å². The summed E-state index contributed by atoms with van der Waals surface area (Å²) in [5.74, 6) is 1.74. The molecule has 1 unspecified atom stereocenters. The van der Waals surface area contributed by atoms with Gasteiger partial charge in [-0.05, 0) is 55.2 Å². The van der Waals surface area contributed by atoms with Crippen molar-refractivity contribution in [1.29, 1.82) is 0 Å². The molecule has 1 aliphatic heterocycles. The van der Waals surface area contributed by atoms with E-state index < -0.39 is 0 Å². The van der Waals surface area contributed by atoms with Crippen molar-refractivity contribution in [2.75, 3.05) is 18.8 Å². The van der Waals surface area contributed by atoms with Gasteiger partial charge in [0.15, 0.2) is 0 Å². The molecule has 0 aliphatic carbocycles. The van der Waals surface area contributed by atoms with Gasteiger partial charge in [0.05, 0.1) is 0 Å². The van der Waals surface area contributed by atoms with Gasteiger partial charge in [-0.3, -0.25) is 4.79 Å². The van der Waals surface area contributed by atoms with Gasteiger partial charge < -0.3 is 10.6 Å². The molecule has 1 saturated heterocycles. The normalized spacial score (nSPS) is 19.9. The summed E-state index contributed by atoms with van der Waals surface area (Å²) >= 11 is 0. The number of benzene rings is 1. The highest BCUT2D eigenvalue weighted by atomic mass is 16.2. The lowest BCUT2D eigenvalue weighted by Gasteiger charge is -2.21. The second kappa shape index (κ2) is 7.48. The Morgan fingerprint density at radius 3 is 2.62 bits per heavy atom. The summed E-state index contributed by atoms with van der Waals surface area (Å²) in [6, 6.07) is 8.04. The van der Waals surface area contributed by atoms with E-state index in [-0.39, 0.29) is 0 Å². The Labute approximate surface area is 128 Å². The summed E-state index contributed by atoms with van der Waals surface area (Å²) in [6.45, 7) is 6.36. The fourth-order valence-electron chi connectivity index (χ4n) is 3.12. The number of hydrogen-bond acceptors (Lipinski definition) is 2. The molecule has 2 rings (SSSR count). The summed E-state index contributed by atoms with van der Waals surface area (Å²) in [5.41, 5.74) is 7.80. The Morgan fingerprint density at radius 2 is 1.95 bits per heavy atom. The number of likely N-dealkylation sites (tertiary alicyclic amines) is 1. The first-order valence-electron chi connectivity index (χ1n) is 8.18. The van der Waals surface area contributed by atoms with E-state index in [4.69, 9.17) is 5.73 Å². The molecule has 1 fully saturated rings. The molecule has 21 heavy (non-hydrogen) atoms. The maximum Gasteiger partial charge on any atom is 0.222 e. The van der Waals surface area contributed by atoms with Crippen LogP contribution in [0, 0.1) is 11.8 Å². The lowest BCUT2D eigenvalue weighted by atomic mass is 9.89. The Kier molecular flexibility index (Phi) is 5.66. The molecule has 1 aliphatic rings. The van der Waals surface area contributed by atoms with Gasteiger partial charge >= 0.3 is 0 Å². The smallest absolute Gasteiger partial charge is 0.222 e. The maximum absolute atomic E-state index is 12.2. The number of amides is 1. The molecule has 3 nitrogen and oxygen atoms in total. The van der Waals surface area contributed by atoms with Crippen molar-refractivity contribution in [1.82, 2.24) is 4.90 Å². The molecule has 2 N–H and O–H groups in total. The third kappa shape index (κ3) is 4.76. The molecule has 3 heteroatoms. The molecule has 116 valence electrons. The lowest BCUT2D eigenvalue weighted by Crippen LogP contribution is -2.31. The number of anilines is 1. The minimum absolute atomic E-state index is 0.343. The summed E-state index contributed by atoms with van der Waals surface area (Å²) in [7, 11) is 0. The van der Waals surface area contributed by atoms with Crippen LogP contribution in [0.5, 0.6) is 0 Å². The van der Waals surface area contributed by atoms with Crippen LogP contribution in [0.25, 0.3) is 0 Å². The highest BCUT2D eigenvalue weighted by Gasteiger charge is 2.23. The van der Waals surface area contributed by atoms with Gasteiger partial charge in [0.1, 0.15) is 0 Å². The van der Waals surface area contributed by atoms with Crippen LogP contribution < -0.4 is 5.73 Å².